The van der Waals surface area contributed by atoms with Gasteiger partial charge in [0.25, 0.3) is 0 Å². The quantitative estimate of drug-likeness (QED) is 0.795. The molecule has 0 radical (unpaired) electrons. The van der Waals surface area contributed by atoms with Gasteiger partial charge >= 0.3 is 6.01 Å². The van der Waals surface area contributed by atoms with Gasteiger partial charge < -0.3 is 9.47 Å². The average molecular weight is 265 g/mol. The largest absolute Gasteiger partial charge is 0.493 e. The van der Waals surface area contributed by atoms with Gasteiger partial charge in [-0.3, -0.25) is 0 Å². The van der Waals surface area contributed by atoms with E-state index in [1.54, 1.807) is 13.2 Å². The van der Waals surface area contributed by atoms with E-state index < -0.39 is 0 Å². The van der Waals surface area contributed by atoms with Crippen LogP contribution in [0.5, 0.6) is 17.5 Å². The molecule has 18 heavy (non-hydrogen) atoms. The van der Waals surface area contributed by atoms with Crippen molar-refractivity contribution in [2.45, 2.75) is 12.8 Å². The van der Waals surface area contributed by atoms with Crippen LogP contribution in [0.25, 0.3) is 0 Å². The predicted octanol–water partition coefficient (Wildman–Crippen LogP) is 3.32. The average Bonchev–Trinajstić information content (AvgIpc) is 2.38. The van der Waals surface area contributed by atoms with Crippen molar-refractivity contribution in [3.05, 3.63) is 41.7 Å². The summed E-state index contributed by atoms with van der Waals surface area (Å²) >= 11 is 5.76. The second-order valence-corrected chi connectivity index (χ2v) is 3.94. The molecule has 0 amide bonds. The van der Waals surface area contributed by atoms with Crippen LogP contribution < -0.4 is 9.47 Å². The normalized spacial score (nSPS) is 10.2. The smallest absolute Gasteiger partial charge is 0.322 e. The van der Waals surface area contributed by atoms with Crippen LogP contribution in [0.4, 0.5) is 0 Å². The third-order valence-electron chi connectivity index (χ3n) is 2.29. The first-order valence-electron chi connectivity index (χ1n) is 5.44. The molecule has 4 nitrogen and oxygen atoms in total. The first-order valence-corrected chi connectivity index (χ1v) is 5.98. The number of alkyl halides is 1. The molecule has 1 aromatic heterocycles. The zero-order valence-electron chi connectivity index (χ0n) is 10.2. The van der Waals surface area contributed by atoms with Crippen LogP contribution in [0, 0.1) is 6.92 Å². The van der Waals surface area contributed by atoms with Crippen molar-refractivity contribution < 1.29 is 9.47 Å². The van der Waals surface area contributed by atoms with Crippen molar-refractivity contribution in [3.8, 4) is 17.5 Å². The van der Waals surface area contributed by atoms with Gasteiger partial charge in [-0.05, 0) is 25.1 Å². The molecule has 0 N–H and O–H groups in total. The van der Waals surface area contributed by atoms with Crippen LogP contribution in [-0.2, 0) is 5.88 Å². The lowest BCUT2D eigenvalue weighted by molar-refractivity contribution is 0.367. The van der Waals surface area contributed by atoms with Gasteiger partial charge in [-0.25, -0.2) is 4.98 Å². The van der Waals surface area contributed by atoms with Gasteiger partial charge in [0.05, 0.1) is 18.7 Å². The SMILES string of the molecule is COc1ccccc1Oc1nc(C)cc(CCl)n1. The third-order valence-corrected chi connectivity index (χ3v) is 2.57. The van der Waals surface area contributed by atoms with Crippen molar-refractivity contribution in [1.82, 2.24) is 9.97 Å². The van der Waals surface area contributed by atoms with Crippen LogP contribution in [0.15, 0.2) is 30.3 Å². The molecule has 94 valence electrons. The van der Waals surface area contributed by atoms with Gasteiger partial charge in [-0.15, -0.1) is 11.6 Å². The van der Waals surface area contributed by atoms with E-state index in [9.17, 15) is 0 Å². The standard InChI is InChI=1S/C13H13ClN2O2/c1-9-7-10(8-14)16-13(15-9)18-12-6-4-3-5-11(12)17-2/h3-7H,8H2,1-2H3. The fraction of sp³-hybridized carbons (Fsp3) is 0.231. The molecule has 5 heteroatoms. The minimum atomic E-state index is 0.273. The molecule has 0 fully saturated rings. The molecule has 0 unspecified atom stereocenters. The molecule has 0 spiro atoms. The second kappa shape index (κ2) is 5.69. The number of rotatable bonds is 4. The Morgan fingerprint density at radius 1 is 1.17 bits per heavy atom. The van der Waals surface area contributed by atoms with E-state index >= 15 is 0 Å². The Morgan fingerprint density at radius 3 is 2.56 bits per heavy atom. The summed E-state index contributed by atoms with van der Waals surface area (Å²) in [6.07, 6.45) is 0. The van der Waals surface area contributed by atoms with Crippen LogP contribution in [-0.4, -0.2) is 17.1 Å². The third kappa shape index (κ3) is 2.90. The molecule has 0 saturated heterocycles. The maximum absolute atomic E-state index is 5.76. The van der Waals surface area contributed by atoms with Crippen LogP contribution in [0.3, 0.4) is 0 Å². The molecular weight excluding hydrogens is 252 g/mol. The fourth-order valence-corrected chi connectivity index (χ4v) is 1.66. The molecule has 0 atom stereocenters. The summed E-state index contributed by atoms with van der Waals surface area (Å²) in [7, 11) is 1.59. The molecule has 0 aliphatic rings. The lowest BCUT2D eigenvalue weighted by atomic mass is 10.3. The first kappa shape index (κ1) is 12.6. The van der Waals surface area contributed by atoms with Gasteiger partial charge in [0.1, 0.15) is 0 Å². The lowest BCUT2D eigenvalue weighted by Gasteiger charge is -2.09. The molecule has 2 rings (SSSR count). The molecule has 0 saturated carbocycles. The van der Waals surface area contributed by atoms with E-state index in [0.717, 1.165) is 11.4 Å². The highest BCUT2D eigenvalue weighted by atomic mass is 35.5. The van der Waals surface area contributed by atoms with Gasteiger partial charge in [-0.1, -0.05) is 12.1 Å². The Hall–Kier alpha value is -1.81. The van der Waals surface area contributed by atoms with Crippen LogP contribution >= 0.6 is 11.6 Å². The maximum atomic E-state index is 5.76. The van der Waals surface area contributed by atoms with E-state index in [4.69, 9.17) is 21.1 Å². The van der Waals surface area contributed by atoms with Crippen molar-refractivity contribution in [1.29, 1.82) is 0 Å². The van der Waals surface area contributed by atoms with Gasteiger partial charge in [-0.2, -0.15) is 4.98 Å². The Balaban J connectivity index is 2.30. The number of halogens is 1. The zero-order chi connectivity index (χ0) is 13.0. The molecule has 1 heterocycles. The molecule has 0 aliphatic heterocycles. The lowest BCUT2D eigenvalue weighted by Crippen LogP contribution is -1.98. The van der Waals surface area contributed by atoms with E-state index in [1.165, 1.54) is 0 Å². The Labute approximate surface area is 111 Å². The van der Waals surface area contributed by atoms with Crippen molar-refractivity contribution >= 4 is 11.6 Å². The number of methoxy groups -OCH3 is 1. The molecular formula is C13H13ClN2O2. The Morgan fingerprint density at radius 2 is 1.89 bits per heavy atom. The Bertz CT molecular complexity index is 546. The number of aryl methyl sites for hydroxylation is 1. The number of nitrogens with zero attached hydrogens (tertiary/aromatic N) is 2. The van der Waals surface area contributed by atoms with Crippen molar-refractivity contribution in [2.24, 2.45) is 0 Å². The van der Waals surface area contributed by atoms with E-state index in [1.807, 2.05) is 31.2 Å². The van der Waals surface area contributed by atoms with Crippen LogP contribution in [0.1, 0.15) is 11.4 Å². The summed E-state index contributed by atoms with van der Waals surface area (Å²) < 4.78 is 10.8. The molecule has 2 aromatic rings. The summed E-state index contributed by atoms with van der Waals surface area (Å²) in [4.78, 5) is 8.41. The molecule has 0 bridgehead atoms. The second-order valence-electron chi connectivity index (χ2n) is 3.67. The monoisotopic (exact) mass is 264 g/mol. The maximum Gasteiger partial charge on any atom is 0.322 e. The van der Waals surface area contributed by atoms with Gasteiger partial charge in [0.2, 0.25) is 0 Å². The van der Waals surface area contributed by atoms with Crippen LogP contribution in [0.2, 0.25) is 0 Å². The molecule has 1 aromatic carbocycles. The van der Waals surface area contributed by atoms with E-state index in [0.29, 0.717) is 17.4 Å². The topological polar surface area (TPSA) is 44.2 Å². The number of benzene rings is 1. The predicted molar refractivity (Wildman–Crippen MR) is 69.4 cm³/mol. The number of ether oxygens (including phenoxy) is 2. The highest BCUT2D eigenvalue weighted by Gasteiger charge is 2.08. The van der Waals surface area contributed by atoms with E-state index in [-0.39, 0.29) is 6.01 Å². The van der Waals surface area contributed by atoms with Crippen molar-refractivity contribution in [2.75, 3.05) is 7.11 Å². The number of para-hydroxylation sites is 2. The minimum Gasteiger partial charge on any atom is -0.493 e. The fourth-order valence-electron chi connectivity index (χ4n) is 1.52. The molecule has 0 aliphatic carbocycles. The Kier molecular flexibility index (Phi) is 3.99. The number of hydrogen-bond donors (Lipinski definition) is 0. The van der Waals surface area contributed by atoms with Gasteiger partial charge in [0, 0.05) is 5.69 Å². The van der Waals surface area contributed by atoms with Gasteiger partial charge in [0.15, 0.2) is 11.5 Å². The highest BCUT2D eigenvalue weighted by molar-refractivity contribution is 6.16. The minimum absolute atomic E-state index is 0.273. The summed E-state index contributed by atoms with van der Waals surface area (Å²) in [5.74, 6) is 1.53. The number of aromatic nitrogens is 2. The first-order chi connectivity index (χ1) is 8.72. The van der Waals surface area contributed by atoms with E-state index in [2.05, 4.69) is 9.97 Å². The summed E-state index contributed by atoms with van der Waals surface area (Å²) in [6.45, 7) is 1.87. The summed E-state index contributed by atoms with van der Waals surface area (Å²) in [5, 5.41) is 0. The summed E-state index contributed by atoms with van der Waals surface area (Å²) in [5.41, 5.74) is 1.54. The zero-order valence-corrected chi connectivity index (χ0v) is 10.9. The number of hydrogen-bond acceptors (Lipinski definition) is 4. The summed E-state index contributed by atoms with van der Waals surface area (Å²) in [6, 6.07) is 9.43. The van der Waals surface area contributed by atoms with Crippen molar-refractivity contribution in [3.63, 3.8) is 0 Å². The highest BCUT2D eigenvalue weighted by Crippen LogP contribution is 2.29.